The van der Waals surface area contributed by atoms with Gasteiger partial charge in [-0.15, -0.1) is 0 Å². The van der Waals surface area contributed by atoms with Crippen molar-refractivity contribution in [3.05, 3.63) is 65.4 Å². The molecule has 21 heavy (non-hydrogen) atoms. The SMILES string of the molecule is Cc1cc(C)c(OCc2ccc3ccccc3n2)c(N)c1. The van der Waals surface area contributed by atoms with Crippen molar-refractivity contribution in [3.63, 3.8) is 0 Å². The minimum Gasteiger partial charge on any atom is -0.485 e. The predicted molar refractivity (Wildman–Crippen MR) is 86.4 cm³/mol. The van der Waals surface area contributed by atoms with Crippen molar-refractivity contribution in [3.8, 4) is 5.75 Å². The molecule has 0 fully saturated rings. The second-order valence-corrected chi connectivity index (χ2v) is 5.28. The molecule has 0 atom stereocenters. The number of ether oxygens (including phenoxy) is 1. The van der Waals surface area contributed by atoms with Crippen LogP contribution in [-0.4, -0.2) is 4.98 Å². The predicted octanol–water partition coefficient (Wildman–Crippen LogP) is 4.01. The zero-order valence-electron chi connectivity index (χ0n) is 12.3. The summed E-state index contributed by atoms with van der Waals surface area (Å²) in [7, 11) is 0. The van der Waals surface area contributed by atoms with E-state index in [-0.39, 0.29) is 0 Å². The lowest BCUT2D eigenvalue weighted by molar-refractivity contribution is 0.301. The number of hydrogen-bond donors (Lipinski definition) is 1. The van der Waals surface area contributed by atoms with Gasteiger partial charge in [-0.05, 0) is 43.2 Å². The van der Waals surface area contributed by atoms with E-state index < -0.39 is 0 Å². The molecule has 0 aliphatic heterocycles. The molecule has 0 aliphatic carbocycles. The summed E-state index contributed by atoms with van der Waals surface area (Å²) in [5.41, 5.74) is 10.8. The van der Waals surface area contributed by atoms with Crippen LogP contribution in [0.2, 0.25) is 0 Å². The smallest absolute Gasteiger partial charge is 0.145 e. The zero-order valence-corrected chi connectivity index (χ0v) is 12.3. The Labute approximate surface area is 124 Å². The molecule has 0 radical (unpaired) electrons. The monoisotopic (exact) mass is 278 g/mol. The molecule has 2 N–H and O–H groups in total. The molecule has 3 rings (SSSR count). The van der Waals surface area contributed by atoms with Crippen LogP contribution in [-0.2, 0) is 6.61 Å². The van der Waals surface area contributed by atoms with Crippen LogP contribution in [0.3, 0.4) is 0 Å². The van der Waals surface area contributed by atoms with Crippen LogP contribution in [0.5, 0.6) is 5.75 Å². The highest BCUT2D eigenvalue weighted by Gasteiger charge is 2.07. The highest BCUT2D eigenvalue weighted by Crippen LogP contribution is 2.28. The quantitative estimate of drug-likeness (QED) is 0.736. The number of para-hydroxylation sites is 1. The van der Waals surface area contributed by atoms with Crippen molar-refractivity contribution in [2.45, 2.75) is 20.5 Å². The molecule has 0 saturated heterocycles. The summed E-state index contributed by atoms with van der Waals surface area (Å²) in [6.45, 7) is 4.45. The summed E-state index contributed by atoms with van der Waals surface area (Å²) < 4.78 is 5.87. The Kier molecular flexibility index (Phi) is 3.48. The van der Waals surface area contributed by atoms with E-state index in [0.717, 1.165) is 33.5 Å². The number of benzene rings is 2. The minimum absolute atomic E-state index is 0.416. The standard InChI is InChI=1S/C18H18N2O/c1-12-9-13(2)18(16(19)10-12)21-11-15-8-7-14-5-3-4-6-17(14)20-15/h3-10H,11,19H2,1-2H3. The fourth-order valence-electron chi connectivity index (χ4n) is 2.52. The molecule has 1 heterocycles. The third-order valence-corrected chi connectivity index (χ3v) is 3.47. The third kappa shape index (κ3) is 2.82. The second kappa shape index (κ2) is 5.44. The van der Waals surface area contributed by atoms with Gasteiger partial charge in [0.1, 0.15) is 12.4 Å². The fourth-order valence-corrected chi connectivity index (χ4v) is 2.52. The van der Waals surface area contributed by atoms with Gasteiger partial charge in [-0.25, -0.2) is 4.98 Å². The average Bonchev–Trinajstić information content (AvgIpc) is 2.46. The summed E-state index contributed by atoms with van der Waals surface area (Å²) >= 11 is 0. The topological polar surface area (TPSA) is 48.1 Å². The number of anilines is 1. The van der Waals surface area contributed by atoms with Crippen LogP contribution in [0.15, 0.2) is 48.5 Å². The van der Waals surface area contributed by atoms with Crippen molar-refractivity contribution in [2.75, 3.05) is 5.73 Å². The lowest BCUT2D eigenvalue weighted by Gasteiger charge is -2.12. The van der Waals surface area contributed by atoms with E-state index in [9.17, 15) is 0 Å². The van der Waals surface area contributed by atoms with E-state index in [4.69, 9.17) is 10.5 Å². The maximum Gasteiger partial charge on any atom is 0.145 e. The summed E-state index contributed by atoms with van der Waals surface area (Å²) in [5.74, 6) is 0.746. The van der Waals surface area contributed by atoms with E-state index >= 15 is 0 Å². The Balaban J connectivity index is 1.83. The molecule has 0 saturated carbocycles. The molecule has 1 aromatic heterocycles. The van der Waals surface area contributed by atoms with Gasteiger partial charge in [-0.3, -0.25) is 0 Å². The van der Waals surface area contributed by atoms with Crippen molar-refractivity contribution in [1.82, 2.24) is 4.98 Å². The molecule has 0 bridgehead atoms. The molecule has 2 aromatic carbocycles. The number of nitrogens with zero attached hydrogens (tertiary/aromatic N) is 1. The van der Waals surface area contributed by atoms with Crippen LogP contribution >= 0.6 is 0 Å². The van der Waals surface area contributed by atoms with Gasteiger partial charge in [0, 0.05) is 5.39 Å². The molecule has 0 unspecified atom stereocenters. The number of aromatic nitrogens is 1. The molecule has 106 valence electrons. The van der Waals surface area contributed by atoms with Gasteiger partial charge in [0.25, 0.3) is 0 Å². The van der Waals surface area contributed by atoms with Crippen LogP contribution in [0, 0.1) is 13.8 Å². The maximum absolute atomic E-state index is 6.03. The lowest BCUT2D eigenvalue weighted by atomic mass is 10.1. The van der Waals surface area contributed by atoms with Crippen LogP contribution in [0.1, 0.15) is 16.8 Å². The molecule has 3 nitrogen and oxygen atoms in total. The number of pyridine rings is 1. The van der Waals surface area contributed by atoms with E-state index in [1.807, 2.05) is 44.2 Å². The second-order valence-electron chi connectivity index (χ2n) is 5.28. The Hall–Kier alpha value is -2.55. The zero-order chi connectivity index (χ0) is 14.8. The van der Waals surface area contributed by atoms with Gasteiger partial charge in [-0.2, -0.15) is 0 Å². The van der Waals surface area contributed by atoms with Gasteiger partial charge in [0.15, 0.2) is 0 Å². The van der Waals surface area contributed by atoms with Gasteiger partial charge in [0.05, 0.1) is 16.9 Å². The first-order chi connectivity index (χ1) is 10.1. The first-order valence-corrected chi connectivity index (χ1v) is 6.97. The van der Waals surface area contributed by atoms with Crippen LogP contribution < -0.4 is 10.5 Å². The highest BCUT2D eigenvalue weighted by molar-refractivity contribution is 5.78. The average molecular weight is 278 g/mol. The first kappa shape index (κ1) is 13.4. The molecule has 0 aliphatic rings. The lowest BCUT2D eigenvalue weighted by Crippen LogP contribution is -2.02. The van der Waals surface area contributed by atoms with Gasteiger partial charge < -0.3 is 10.5 Å². The summed E-state index contributed by atoms with van der Waals surface area (Å²) in [4.78, 5) is 4.60. The minimum atomic E-state index is 0.416. The molecule has 0 spiro atoms. The van der Waals surface area contributed by atoms with Crippen molar-refractivity contribution in [2.24, 2.45) is 0 Å². The van der Waals surface area contributed by atoms with Gasteiger partial charge in [-0.1, -0.05) is 30.3 Å². The fraction of sp³-hybridized carbons (Fsp3) is 0.167. The van der Waals surface area contributed by atoms with Crippen LogP contribution in [0.25, 0.3) is 10.9 Å². The van der Waals surface area contributed by atoms with Crippen molar-refractivity contribution >= 4 is 16.6 Å². The summed E-state index contributed by atoms with van der Waals surface area (Å²) in [6.07, 6.45) is 0. The highest BCUT2D eigenvalue weighted by atomic mass is 16.5. The van der Waals surface area contributed by atoms with E-state index in [1.54, 1.807) is 0 Å². The Morgan fingerprint density at radius 3 is 2.67 bits per heavy atom. The normalized spacial score (nSPS) is 10.8. The van der Waals surface area contributed by atoms with Gasteiger partial charge in [0.2, 0.25) is 0 Å². The number of nitrogen functional groups attached to an aromatic ring is 1. The first-order valence-electron chi connectivity index (χ1n) is 6.97. The summed E-state index contributed by atoms with van der Waals surface area (Å²) in [6, 6.07) is 16.1. The number of nitrogens with two attached hydrogens (primary N) is 1. The number of rotatable bonds is 3. The van der Waals surface area contributed by atoms with Crippen molar-refractivity contribution in [1.29, 1.82) is 0 Å². The maximum atomic E-state index is 6.03. The number of fused-ring (bicyclic) bond motifs is 1. The Bertz CT molecular complexity index is 773. The molecule has 0 amide bonds. The molecular weight excluding hydrogens is 260 g/mol. The van der Waals surface area contributed by atoms with Crippen molar-refractivity contribution < 1.29 is 4.74 Å². The number of aryl methyl sites for hydroxylation is 2. The molecule has 3 aromatic rings. The van der Waals surface area contributed by atoms with E-state index in [0.29, 0.717) is 12.3 Å². The summed E-state index contributed by atoms with van der Waals surface area (Å²) in [5, 5.41) is 1.13. The van der Waals surface area contributed by atoms with E-state index in [1.165, 1.54) is 0 Å². The molecular formula is C18H18N2O. The van der Waals surface area contributed by atoms with Gasteiger partial charge >= 0.3 is 0 Å². The molecule has 3 heteroatoms. The third-order valence-electron chi connectivity index (χ3n) is 3.47. The van der Waals surface area contributed by atoms with Crippen LogP contribution in [0.4, 0.5) is 5.69 Å². The Morgan fingerprint density at radius 1 is 1.05 bits per heavy atom. The Morgan fingerprint density at radius 2 is 1.86 bits per heavy atom. The largest absolute Gasteiger partial charge is 0.485 e. The number of hydrogen-bond acceptors (Lipinski definition) is 3. The van der Waals surface area contributed by atoms with E-state index in [2.05, 4.69) is 23.2 Å².